The smallest absolute Gasteiger partial charge is 0.274 e. The molecular weight excluding hydrogens is 319 g/mol. The first-order valence-corrected chi connectivity index (χ1v) is 7.77. The summed E-state index contributed by atoms with van der Waals surface area (Å²) in [5.74, 6) is -0.622. The number of hydrogen-bond donors (Lipinski definition) is 2. The Labute approximate surface area is 145 Å². The van der Waals surface area contributed by atoms with Gasteiger partial charge in [-0.15, -0.1) is 0 Å². The van der Waals surface area contributed by atoms with Crippen molar-refractivity contribution in [1.29, 1.82) is 0 Å². The van der Waals surface area contributed by atoms with Crippen LogP contribution in [-0.4, -0.2) is 15.9 Å². The lowest BCUT2D eigenvalue weighted by Crippen LogP contribution is -2.15. The van der Waals surface area contributed by atoms with Crippen LogP contribution in [0.4, 0.5) is 21.7 Å². The molecule has 0 fully saturated rings. The fraction of sp³-hybridized carbons (Fsp3) is 0.105. The average Bonchev–Trinajstić information content (AvgIpc) is 2.61. The monoisotopic (exact) mass is 336 g/mol. The van der Waals surface area contributed by atoms with Crippen molar-refractivity contribution in [1.82, 2.24) is 9.97 Å². The van der Waals surface area contributed by atoms with Crippen LogP contribution in [0, 0.1) is 19.7 Å². The molecule has 3 aromatic rings. The van der Waals surface area contributed by atoms with Gasteiger partial charge in [-0.1, -0.05) is 24.3 Å². The SMILES string of the molecule is Cc1cccc(NC(=O)c2ccnc(Nc3ccccc3F)n2)c1C. The van der Waals surface area contributed by atoms with Crippen LogP contribution in [0.2, 0.25) is 0 Å². The molecule has 1 heterocycles. The summed E-state index contributed by atoms with van der Waals surface area (Å²) in [6.07, 6.45) is 1.45. The summed E-state index contributed by atoms with van der Waals surface area (Å²) in [6.45, 7) is 3.92. The van der Waals surface area contributed by atoms with E-state index in [1.54, 1.807) is 18.2 Å². The van der Waals surface area contributed by atoms with E-state index in [4.69, 9.17) is 0 Å². The van der Waals surface area contributed by atoms with E-state index in [1.165, 1.54) is 18.3 Å². The number of carbonyl (C=O) groups excluding carboxylic acids is 1. The fourth-order valence-electron chi connectivity index (χ4n) is 2.30. The van der Waals surface area contributed by atoms with E-state index in [0.717, 1.165) is 16.8 Å². The second kappa shape index (κ2) is 7.09. The van der Waals surface area contributed by atoms with Crippen LogP contribution < -0.4 is 10.6 Å². The van der Waals surface area contributed by atoms with Crippen molar-refractivity contribution < 1.29 is 9.18 Å². The summed E-state index contributed by atoms with van der Waals surface area (Å²) in [6, 6.07) is 13.4. The van der Waals surface area contributed by atoms with Crippen molar-refractivity contribution in [3.05, 3.63) is 77.4 Å². The number of halogens is 1. The Bertz CT molecular complexity index is 927. The van der Waals surface area contributed by atoms with Gasteiger partial charge in [-0.2, -0.15) is 0 Å². The van der Waals surface area contributed by atoms with Crippen LogP contribution in [-0.2, 0) is 0 Å². The van der Waals surface area contributed by atoms with E-state index in [2.05, 4.69) is 20.6 Å². The van der Waals surface area contributed by atoms with Gasteiger partial charge in [0, 0.05) is 11.9 Å². The number of nitrogens with one attached hydrogen (secondary N) is 2. The molecule has 0 aliphatic rings. The molecule has 0 bridgehead atoms. The summed E-state index contributed by atoms with van der Waals surface area (Å²) in [5.41, 5.74) is 3.24. The van der Waals surface area contributed by atoms with Gasteiger partial charge in [0.2, 0.25) is 5.95 Å². The normalized spacial score (nSPS) is 10.4. The quantitative estimate of drug-likeness (QED) is 0.748. The number of anilines is 3. The second-order valence-electron chi connectivity index (χ2n) is 5.57. The maximum atomic E-state index is 13.7. The standard InChI is InChI=1S/C19H17FN4O/c1-12-6-5-9-15(13(12)2)22-18(25)17-10-11-21-19(24-17)23-16-8-4-3-7-14(16)20/h3-11H,1-2H3,(H,22,25)(H,21,23,24). The first-order valence-electron chi connectivity index (χ1n) is 7.77. The maximum absolute atomic E-state index is 13.7. The van der Waals surface area contributed by atoms with Gasteiger partial charge < -0.3 is 10.6 Å². The molecule has 126 valence electrons. The van der Waals surface area contributed by atoms with Crippen LogP contribution >= 0.6 is 0 Å². The number of aromatic nitrogens is 2. The maximum Gasteiger partial charge on any atom is 0.274 e. The number of benzene rings is 2. The molecule has 0 aliphatic carbocycles. The van der Waals surface area contributed by atoms with Crippen LogP contribution in [0.25, 0.3) is 0 Å². The molecule has 2 N–H and O–H groups in total. The molecule has 25 heavy (non-hydrogen) atoms. The minimum Gasteiger partial charge on any atom is -0.322 e. The Balaban J connectivity index is 1.80. The van der Waals surface area contributed by atoms with Crippen molar-refractivity contribution in [2.24, 2.45) is 0 Å². The first kappa shape index (κ1) is 16.6. The molecule has 0 aliphatic heterocycles. The number of carbonyl (C=O) groups is 1. The van der Waals surface area contributed by atoms with E-state index in [0.29, 0.717) is 0 Å². The molecule has 0 saturated heterocycles. The van der Waals surface area contributed by atoms with Gasteiger partial charge in [0.1, 0.15) is 11.5 Å². The largest absolute Gasteiger partial charge is 0.322 e. The van der Waals surface area contributed by atoms with Crippen LogP contribution in [0.3, 0.4) is 0 Å². The highest BCUT2D eigenvalue weighted by Gasteiger charge is 2.12. The third-order valence-corrected chi connectivity index (χ3v) is 3.86. The summed E-state index contributed by atoms with van der Waals surface area (Å²) in [4.78, 5) is 20.6. The number of amides is 1. The molecule has 1 amide bonds. The molecule has 0 saturated carbocycles. The third-order valence-electron chi connectivity index (χ3n) is 3.86. The molecule has 0 spiro atoms. The second-order valence-corrected chi connectivity index (χ2v) is 5.57. The first-order chi connectivity index (χ1) is 12.0. The van der Waals surface area contributed by atoms with E-state index in [9.17, 15) is 9.18 Å². The molecule has 0 unspecified atom stereocenters. The Morgan fingerprint density at radius 3 is 2.56 bits per heavy atom. The molecule has 6 heteroatoms. The van der Waals surface area contributed by atoms with Crippen molar-refractivity contribution in [3.8, 4) is 0 Å². The number of hydrogen-bond acceptors (Lipinski definition) is 4. The predicted octanol–water partition coefficient (Wildman–Crippen LogP) is 4.23. The molecule has 2 aromatic carbocycles. The fourth-order valence-corrected chi connectivity index (χ4v) is 2.30. The molecular formula is C19H17FN4O. The Morgan fingerprint density at radius 1 is 1.00 bits per heavy atom. The van der Waals surface area contributed by atoms with Crippen molar-refractivity contribution in [2.45, 2.75) is 13.8 Å². The number of rotatable bonds is 4. The van der Waals surface area contributed by atoms with Crippen molar-refractivity contribution in [2.75, 3.05) is 10.6 Å². The van der Waals surface area contributed by atoms with Gasteiger partial charge >= 0.3 is 0 Å². The van der Waals surface area contributed by atoms with Crippen molar-refractivity contribution in [3.63, 3.8) is 0 Å². The lowest BCUT2D eigenvalue weighted by molar-refractivity contribution is 0.102. The lowest BCUT2D eigenvalue weighted by Gasteiger charge is -2.11. The number of nitrogens with zero attached hydrogens (tertiary/aromatic N) is 2. The average molecular weight is 336 g/mol. The zero-order valence-electron chi connectivity index (χ0n) is 13.9. The van der Waals surface area contributed by atoms with Gasteiger partial charge in [0.15, 0.2) is 0 Å². The van der Waals surface area contributed by atoms with E-state index in [1.807, 2.05) is 32.0 Å². The molecule has 0 radical (unpaired) electrons. The van der Waals surface area contributed by atoms with Gasteiger partial charge in [0.05, 0.1) is 5.69 Å². The highest BCUT2D eigenvalue weighted by atomic mass is 19.1. The highest BCUT2D eigenvalue weighted by molar-refractivity contribution is 6.03. The molecule has 5 nitrogen and oxygen atoms in total. The Hall–Kier alpha value is -3.28. The van der Waals surface area contributed by atoms with Gasteiger partial charge in [-0.05, 0) is 49.2 Å². The minimum absolute atomic E-state index is 0.152. The van der Waals surface area contributed by atoms with Gasteiger partial charge in [-0.25, -0.2) is 14.4 Å². The minimum atomic E-state index is -0.420. The molecule has 1 aromatic heterocycles. The molecule has 0 atom stereocenters. The van der Waals surface area contributed by atoms with Crippen LogP contribution in [0.5, 0.6) is 0 Å². The molecule has 3 rings (SSSR count). The zero-order valence-corrected chi connectivity index (χ0v) is 13.9. The highest BCUT2D eigenvalue weighted by Crippen LogP contribution is 2.19. The Kier molecular flexibility index (Phi) is 4.70. The summed E-state index contributed by atoms with van der Waals surface area (Å²) >= 11 is 0. The van der Waals surface area contributed by atoms with Crippen LogP contribution in [0.1, 0.15) is 21.6 Å². The van der Waals surface area contributed by atoms with Gasteiger partial charge in [-0.3, -0.25) is 4.79 Å². The summed E-state index contributed by atoms with van der Waals surface area (Å²) in [5, 5.41) is 5.61. The topological polar surface area (TPSA) is 66.9 Å². The van der Waals surface area contributed by atoms with E-state index < -0.39 is 5.82 Å². The lowest BCUT2D eigenvalue weighted by atomic mass is 10.1. The Morgan fingerprint density at radius 2 is 1.76 bits per heavy atom. The van der Waals surface area contributed by atoms with Crippen molar-refractivity contribution >= 4 is 23.2 Å². The summed E-state index contributed by atoms with van der Waals surface area (Å²) < 4.78 is 13.7. The van der Waals surface area contributed by atoms with E-state index in [-0.39, 0.29) is 23.2 Å². The summed E-state index contributed by atoms with van der Waals surface area (Å²) in [7, 11) is 0. The predicted molar refractivity (Wildman–Crippen MR) is 95.6 cm³/mol. The van der Waals surface area contributed by atoms with Crippen LogP contribution in [0.15, 0.2) is 54.7 Å². The van der Waals surface area contributed by atoms with E-state index >= 15 is 0 Å². The van der Waals surface area contributed by atoms with Gasteiger partial charge in [0.25, 0.3) is 5.91 Å². The number of aryl methyl sites for hydroxylation is 1. The third kappa shape index (κ3) is 3.80. The zero-order chi connectivity index (χ0) is 17.8. The number of para-hydroxylation sites is 1.